The third-order valence-electron chi connectivity index (χ3n) is 5.66. The van der Waals surface area contributed by atoms with E-state index in [0.717, 1.165) is 23.6 Å². The summed E-state index contributed by atoms with van der Waals surface area (Å²) in [6.45, 7) is 1.90. The molecule has 0 aromatic heterocycles. The van der Waals surface area contributed by atoms with E-state index in [9.17, 15) is 14.7 Å². The number of likely N-dealkylation sites (tertiary alicyclic amines) is 1. The standard InChI is InChI=1S/C20H22N2O3/c23-17-12-20(13-21-17)7-9-22(10-8-20)19(25)18(24)16-6-5-14-3-1-2-4-15(14)11-16/h1-6,11,18,24H,7-10,12-13H2,(H,21,23)/t18-/m1/s1. The molecule has 0 aliphatic carbocycles. The molecule has 2 heterocycles. The van der Waals surface area contributed by atoms with Crippen molar-refractivity contribution < 1.29 is 14.7 Å². The fourth-order valence-electron chi connectivity index (χ4n) is 4.00. The van der Waals surface area contributed by atoms with Gasteiger partial charge < -0.3 is 15.3 Å². The lowest BCUT2D eigenvalue weighted by Gasteiger charge is -2.38. The Bertz CT molecular complexity index is 825. The molecule has 5 nitrogen and oxygen atoms in total. The minimum atomic E-state index is -1.14. The number of fused-ring (bicyclic) bond motifs is 1. The molecular formula is C20H22N2O3. The van der Waals surface area contributed by atoms with E-state index < -0.39 is 6.10 Å². The summed E-state index contributed by atoms with van der Waals surface area (Å²) in [5, 5.41) is 15.5. The maximum absolute atomic E-state index is 12.7. The minimum absolute atomic E-state index is 0.00175. The number of hydrogen-bond acceptors (Lipinski definition) is 3. The summed E-state index contributed by atoms with van der Waals surface area (Å²) in [5.74, 6) is -0.140. The largest absolute Gasteiger partial charge is 0.378 e. The van der Waals surface area contributed by atoms with Crippen LogP contribution in [0.2, 0.25) is 0 Å². The molecule has 2 fully saturated rings. The van der Waals surface area contributed by atoms with Gasteiger partial charge in [0.15, 0.2) is 6.10 Å². The first kappa shape index (κ1) is 16.1. The molecule has 130 valence electrons. The van der Waals surface area contributed by atoms with Crippen LogP contribution in [0.3, 0.4) is 0 Å². The van der Waals surface area contributed by atoms with Crippen LogP contribution >= 0.6 is 0 Å². The van der Waals surface area contributed by atoms with E-state index in [4.69, 9.17) is 0 Å². The Morgan fingerprint density at radius 2 is 1.84 bits per heavy atom. The Balaban J connectivity index is 1.46. The van der Waals surface area contributed by atoms with Gasteiger partial charge in [-0.2, -0.15) is 0 Å². The highest BCUT2D eigenvalue weighted by Gasteiger charge is 2.42. The molecule has 0 bridgehead atoms. The molecule has 2 aromatic carbocycles. The van der Waals surface area contributed by atoms with Gasteiger partial charge in [-0.1, -0.05) is 36.4 Å². The number of piperidine rings is 1. The average Bonchev–Trinajstić information content (AvgIpc) is 3.01. The maximum Gasteiger partial charge on any atom is 0.256 e. The lowest BCUT2D eigenvalue weighted by molar-refractivity contribution is -0.142. The first-order valence-electron chi connectivity index (χ1n) is 8.79. The quantitative estimate of drug-likeness (QED) is 0.880. The van der Waals surface area contributed by atoms with Crippen LogP contribution < -0.4 is 5.32 Å². The normalized spacial score (nSPS) is 20.7. The van der Waals surface area contributed by atoms with Crippen molar-refractivity contribution in [3.8, 4) is 0 Å². The molecule has 2 amide bonds. The van der Waals surface area contributed by atoms with Crippen LogP contribution in [-0.2, 0) is 9.59 Å². The highest BCUT2D eigenvalue weighted by molar-refractivity contribution is 5.87. The molecule has 5 heteroatoms. The number of carbonyl (C=O) groups is 2. The second kappa shape index (κ2) is 6.15. The average molecular weight is 338 g/mol. The van der Waals surface area contributed by atoms with Crippen LogP contribution in [0, 0.1) is 5.41 Å². The Kier molecular flexibility index (Phi) is 3.96. The zero-order valence-corrected chi connectivity index (χ0v) is 14.1. The molecule has 2 saturated heterocycles. The first-order chi connectivity index (χ1) is 12.1. The number of aliphatic hydroxyl groups is 1. The Morgan fingerprint density at radius 3 is 2.52 bits per heavy atom. The predicted molar refractivity (Wildman–Crippen MR) is 94.8 cm³/mol. The van der Waals surface area contributed by atoms with Gasteiger partial charge in [0.25, 0.3) is 5.91 Å². The molecule has 0 radical (unpaired) electrons. The maximum atomic E-state index is 12.7. The van der Waals surface area contributed by atoms with Crippen molar-refractivity contribution in [2.45, 2.75) is 25.4 Å². The fourth-order valence-corrected chi connectivity index (χ4v) is 4.00. The summed E-state index contributed by atoms with van der Waals surface area (Å²) in [7, 11) is 0. The molecule has 0 unspecified atom stereocenters. The van der Waals surface area contributed by atoms with E-state index in [1.807, 2.05) is 42.5 Å². The Hall–Kier alpha value is -2.40. The van der Waals surface area contributed by atoms with Gasteiger partial charge in [0.1, 0.15) is 0 Å². The van der Waals surface area contributed by atoms with Crippen molar-refractivity contribution >= 4 is 22.6 Å². The fraction of sp³-hybridized carbons (Fsp3) is 0.400. The summed E-state index contributed by atoms with van der Waals surface area (Å²) in [6, 6.07) is 13.5. The number of carbonyl (C=O) groups excluding carboxylic acids is 2. The van der Waals surface area contributed by atoms with Gasteiger partial charge in [-0.25, -0.2) is 0 Å². The first-order valence-corrected chi connectivity index (χ1v) is 8.79. The summed E-state index contributed by atoms with van der Waals surface area (Å²) in [4.78, 5) is 25.9. The zero-order chi connectivity index (χ0) is 17.4. The lowest BCUT2D eigenvalue weighted by Crippen LogP contribution is -2.45. The van der Waals surface area contributed by atoms with Crippen molar-refractivity contribution in [3.05, 3.63) is 48.0 Å². The number of aliphatic hydroxyl groups excluding tert-OH is 1. The lowest BCUT2D eigenvalue weighted by atomic mass is 9.77. The summed E-state index contributed by atoms with van der Waals surface area (Å²) >= 11 is 0. The second-order valence-corrected chi connectivity index (χ2v) is 7.29. The third-order valence-corrected chi connectivity index (χ3v) is 5.66. The van der Waals surface area contributed by atoms with Crippen LogP contribution in [0.25, 0.3) is 10.8 Å². The number of amides is 2. The monoisotopic (exact) mass is 338 g/mol. The molecule has 2 aliphatic rings. The highest BCUT2D eigenvalue weighted by atomic mass is 16.3. The zero-order valence-electron chi connectivity index (χ0n) is 14.1. The van der Waals surface area contributed by atoms with Crippen LogP contribution in [-0.4, -0.2) is 41.5 Å². The van der Waals surface area contributed by atoms with Crippen molar-refractivity contribution in [1.29, 1.82) is 0 Å². The van der Waals surface area contributed by atoms with Crippen LogP contribution in [0.15, 0.2) is 42.5 Å². The molecule has 2 aliphatic heterocycles. The number of hydrogen-bond donors (Lipinski definition) is 2. The summed E-state index contributed by atoms with van der Waals surface area (Å²) in [6.07, 6.45) is 1.04. The Morgan fingerprint density at radius 1 is 1.12 bits per heavy atom. The molecular weight excluding hydrogens is 316 g/mol. The predicted octanol–water partition coefficient (Wildman–Crippen LogP) is 2.00. The molecule has 4 rings (SSSR count). The smallest absolute Gasteiger partial charge is 0.256 e. The molecule has 2 aromatic rings. The SMILES string of the molecule is O=C1CC2(CCN(C(=O)[C@H](O)c3ccc4ccccc4c3)CC2)CN1. The van der Waals surface area contributed by atoms with Crippen LogP contribution in [0.4, 0.5) is 0 Å². The van der Waals surface area contributed by atoms with Gasteiger partial charge in [-0.15, -0.1) is 0 Å². The van der Waals surface area contributed by atoms with Crippen molar-refractivity contribution in [1.82, 2.24) is 10.2 Å². The van der Waals surface area contributed by atoms with E-state index in [1.165, 1.54) is 0 Å². The van der Waals surface area contributed by atoms with Gasteiger partial charge in [0, 0.05) is 26.1 Å². The molecule has 1 atom stereocenters. The van der Waals surface area contributed by atoms with Crippen molar-refractivity contribution in [2.75, 3.05) is 19.6 Å². The van der Waals surface area contributed by atoms with Gasteiger partial charge in [0.2, 0.25) is 5.91 Å². The number of nitrogens with zero attached hydrogens (tertiary/aromatic N) is 1. The van der Waals surface area contributed by atoms with Gasteiger partial charge in [-0.05, 0) is 40.7 Å². The number of nitrogens with one attached hydrogen (secondary N) is 1. The van der Waals surface area contributed by atoms with Gasteiger partial charge in [0.05, 0.1) is 0 Å². The van der Waals surface area contributed by atoms with Gasteiger partial charge >= 0.3 is 0 Å². The summed E-state index contributed by atoms with van der Waals surface area (Å²) in [5.41, 5.74) is 0.628. The third kappa shape index (κ3) is 3.00. The van der Waals surface area contributed by atoms with E-state index in [1.54, 1.807) is 4.90 Å². The van der Waals surface area contributed by atoms with E-state index >= 15 is 0 Å². The Labute approximate surface area is 146 Å². The number of rotatable bonds is 2. The molecule has 25 heavy (non-hydrogen) atoms. The van der Waals surface area contributed by atoms with Gasteiger partial charge in [-0.3, -0.25) is 9.59 Å². The highest BCUT2D eigenvalue weighted by Crippen LogP contribution is 2.38. The molecule has 0 saturated carbocycles. The van der Waals surface area contributed by atoms with E-state index in [0.29, 0.717) is 31.6 Å². The van der Waals surface area contributed by atoms with Crippen molar-refractivity contribution in [2.24, 2.45) is 5.41 Å². The van der Waals surface area contributed by atoms with E-state index in [-0.39, 0.29) is 17.2 Å². The topological polar surface area (TPSA) is 69.6 Å². The number of benzene rings is 2. The molecule has 2 N–H and O–H groups in total. The van der Waals surface area contributed by atoms with Crippen LogP contribution in [0.5, 0.6) is 0 Å². The van der Waals surface area contributed by atoms with Crippen LogP contribution in [0.1, 0.15) is 30.9 Å². The molecule has 1 spiro atoms. The summed E-state index contributed by atoms with van der Waals surface area (Å²) < 4.78 is 0. The van der Waals surface area contributed by atoms with E-state index in [2.05, 4.69) is 5.32 Å². The van der Waals surface area contributed by atoms with Crippen molar-refractivity contribution in [3.63, 3.8) is 0 Å². The second-order valence-electron chi connectivity index (χ2n) is 7.29. The minimum Gasteiger partial charge on any atom is -0.378 e.